The summed E-state index contributed by atoms with van der Waals surface area (Å²) in [7, 11) is 0. The molecule has 168 valence electrons. The summed E-state index contributed by atoms with van der Waals surface area (Å²) in [5.74, 6) is 1.27. The lowest BCUT2D eigenvalue weighted by Gasteiger charge is -2.07. The molecule has 31 heavy (non-hydrogen) atoms. The highest BCUT2D eigenvalue weighted by molar-refractivity contribution is 6.42. The van der Waals surface area contributed by atoms with E-state index < -0.39 is 0 Å². The Hall–Kier alpha value is -1.54. The van der Waals surface area contributed by atoms with Gasteiger partial charge in [-0.3, -0.25) is 0 Å². The Kier molecular flexibility index (Phi) is 12.2. The van der Waals surface area contributed by atoms with Gasteiger partial charge in [-0.05, 0) is 64.8 Å². The summed E-state index contributed by atoms with van der Waals surface area (Å²) in [6.07, 6.45) is 0. The Labute approximate surface area is 202 Å². The first-order valence-corrected chi connectivity index (χ1v) is 11.6. The Bertz CT molecular complexity index is 884. The Morgan fingerprint density at radius 1 is 0.613 bits per heavy atom. The molecule has 0 aliphatic carbocycles. The number of benzene rings is 3. The molecule has 0 nitrogen and oxygen atoms in total. The molecule has 0 fully saturated rings. The van der Waals surface area contributed by atoms with Gasteiger partial charge in [0.05, 0.1) is 10.0 Å². The van der Waals surface area contributed by atoms with Gasteiger partial charge < -0.3 is 0 Å². The largest absolute Gasteiger partial charge is 0.207 e. The predicted octanol–water partition coefficient (Wildman–Crippen LogP) is 10.5. The SMILES string of the molecule is CC(C)c1cccc(Cl)c1.CC(C)c1cccc(Cl)c1Cl.CC(C)c1cccc(F)c1. The maximum atomic E-state index is 12.5. The van der Waals surface area contributed by atoms with Gasteiger partial charge in [-0.25, -0.2) is 4.39 Å². The number of hydrogen-bond donors (Lipinski definition) is 0. The summed E-state index contributed by atoms with van der Waals surface area (Å²) in [4.78, 5) is 0. The minimum absolute atomic E-state index is 0.147. The summed E-state index contributed by atoms with van der Waals surface area (Å²) < 4.78 is 12.5. The molecule has 0 saturated carbocycles. The van der Waals surface area contributed by atoms with E-state index in [0.717, 1.165) is 16.1 Å². The van der Waals surface area contributed by atoms with Gasteiger partial charge in [0, 0.05) is 5.02 Å². The van der Waals surface area contributed by atoms with Crippen molar-refractivity contribution in [2.75, 3.05) is 0 Å². The summed E-state index contributed by atoms with van der Waals surface area (Å²) in [5.41, 5.74) is 3.46. The number of hydrogen-bond acceptors (Lipinski definition) is 0. The van der Waals surface area contributed by atoms with Crippen LogP contribution in [-0.2, 0) is 0 Å². The van der Waals surface area contributed by atoms with Crippen molar-refractivity contribution < 1.29 is 4.39 Å². The molecule has 0 bridgehead atoms. The summed E-state index contributed by atoms with van der Waals surface area (Å²) in [5, 5.41) is 2.15. The van der Waals surface area contributed by atoms with Gasteiger partial charge in [-0.2, -0.15) is 0 Å². The zero-order valence-electron chi connectivity index (χ0n) is 19.1. The standard InChI is InChI=1S/C9H10Cl2.C9H11Cl.C9H11F/c1-6(2)7-4-3-5-8(10)9(7)11;2*1-7(2)8-4-3-5-9(10)6-8/h3-6H,1-2H3;2*3-7H,1-2H3. The van der Waals surface area contributed by atoms with Crippen molar-refractivity contribution in [3.05, 3.63) is 104 Å². The first-order chi connectivity index (χ1) is 14.5. The molecule has 0 amide bonds. The van der Waals surface area contributed by atoms with E-state index in [2.05, 4.69) is 47.6 Å². The lowest BCUT2D eigenvalue weighted by molar-refractivity contribution is 0.623. The summed E-state index contributed by atoms with van der Waals surface area (Å²) in [6, 6.07) is 20.4. The molecule has 4 heteroatoms. The van der Waals surface area contributed by atoms with Crippen LogP contribution in [-0.4, -0.2) is 0 Å². The zero-order valence-corrected chi connectivity index (χ0v) is 21.4. The highest BCUT2D eigenvalue weighted by Gasteiger charge is 2.06. The Morgan fingerprint density at radius 2 is 1.13 bits per heavy atom. The first kappa shape index (κ1) is 27.5. The molecular weight excluding hydrogens is 450 g/mol. The molecule has 3 aromatic carbocycles. The van der Waals surface area contributed by atoms with E-state index in [-0.39, 0.29) is 5.82 Å². The average molecular weight is 482 g/mol. The first-order valence-electron chi connectivity index (χ1n) is 10.5. The number of rotatable bonds is 3. The fourth-order valence-corrected chi connectivity index (χ4v) is 3.42. The van der Waals surface area contributed by atoms with Gasteiger partial charge in [-0.15, -0.1) is 0 Å². The van der Waals surface area contributed by atoms with Crippen LogP contribution in [0.15, 0.2) is 66.7 Å². The van der Waals surface area contributed by atoms with E-state index in [9.17, 15) is 4.39 Å². The van der Waals surface area contributed by atoms with E-state index in [0.29, 0.717) is 27.8 Å². The molecule has 0 spiro atoms. The van der Waals surface area contributed by atoms with Crippen LogP contribution in [0.25, 0.3) is 0 Å². The lowest BCUT2D eigenvalue weighted by atomic mass is 10.0. The quantitative estimate of drug-likeness (QED) is 0.349. The molecule has 0 aliphatic rings. The van der Waals surface area contributed by atoms with Crippen molar-refractivity contribution in [2.45, 2.75) is 59.3 Å². The molecule has 0 aromatic heterocycles. The topological polar surface area (TPSA) is 0 Å². The molecule has 0 N–H and O–H groups in total. The van der Waals surface area contributed by atoms with Gasteiger partial charge >= 0.3 is 0 Å². The van der Waals surface area contributed by atoms with Crippen molar-refractivity contribution >= 4 is 34.8 Å². The second kappa shape index (κ2) is 13.8. The average Bonchev–Trinajstić information content (AvgIpc) is 2.71. The molecule has 0 atom stereocenters. The smallest absolute Gasteiger partial charge is 0.123 e. The van der Waals surface area contributed by atoms with Crippen LogP contribution in [0.1, 0.15) is 76.0 Å². The molecule has 0 aliphatic heterocycles. The predicted molar refractivity (Wildman–Crippen MR) is 137 cm³/mol. The van der Waals surface area contributed by atoms with Crippen molar-refractivity contribution in [3.8, 4) is 0 Å². The summed E-state index contributed by atoms with van der Waals surface area (Å²) >= 11 is 17.6. The monoisotopic (exact) mass is 480 g/mol. The number of halogens is 4. The van der Waals surface area contributed by atoms with Crippen molar-refractivity contribution in [3.63, 3.8) is 0 Å². The van der Waals surface area contributed by atoms with E-state index in [1.54, 1.807) is 18.2 Å². The normalized spacial score (nSPS) is 10.5. The van der Waals surface area contributed by atoms with Crippen molar-refractivity contribution in [1.29, 1.82) is 0 Å². The van der Waals surface area contributed by atoms with E-state index in [1.165, 1.54) is 11.6 Å². The Morgan fingerprint density at radius 3 is 1.52 bits per heavy atom. The third kappa shape index (κ3) is 10.1. The minimum atomic E-state index is -0.147. The maximum Gasteiger partial charge on any atom is 0.123 e. The van der Waals surface area contributed by atoms with Crippen LogP contribution in [0.2, 0.25) is 15.1 Å². The molecule has 0 saturated heterocycles. The molecule has 3 aromatic rings. The van der Waals surface area contributed by atoms with Gasteiger partial charge in [0.25, 0.3) is 0 Å². The second-order valence-electron chi connectivity index (χ2n) is 8.22. The minimum Gasteiger partial charge on any atom is -0.207 e. The van der Waals surface area contributed by atoms with Gasteiger partial charge in [0.15, 0.2) is 0 Å². The van der Waals surface area contributed by atoms with Crippen LogP contribution in [0, 0.1) is 5.82 Å². The molecule has 0 heterocycles. The van der Waals surface area contributed by atoms with Crippen LogP contribution < -0.4 is 0 Å². The lowest BCUT2D eigenvalue weighted by Crippen LogP contribution is -1.88. The van der Waals surface area contributed by atoms with Crippen LogP contribution >= 0.6 is 34.8 Å². The fraction of sp³-hybridized carbons (Fsp3) is 0.333. The Balaban J connectivity index is 0.000000233. The second-order valence-corrected chi connectivity index (χ2v) is 9.44. The molecule has 3 rings (SSSR count). The summed E-state index contributed by atoms with van der Waals surface area (Å²) in [6.45, 7) is 12.6. The van der Waals surface area contributed by atoms with Crippen LogP contribution in [0.5, 0.6) is 0 Å². The van der Waals surface area contributed by atoms with Crippen LogP contribution in [0.3, 0.4) is 0 Å². The van der Waals surface area contributed by atoms with Gasteiger partial charge in [0.1, 0.15) is 5.82 Å². The van der Waals surface area contributed by atoms with E-state index in [4.69, 9.17) is 34.8 Å². The highest BCUT2D eigenvalue weighted by Crippen LogP contribution is 2.30. The van der Waals surface area contributed by atoms with Crippen molar-refractivity contribution in [2.24, 2.45) is 0 Å². The van der Waals surface area contributed by atoms with Crippen molar-refractivity contribution in [1.82, 2.24) is 0 Å². The van der Waals surface area contributed by atoms with Gasteiger partial charge in [0.2, 0.25) is 0 Å². The fourth-order valence-electron chi connectivity index (χ4n) is 2.70. The third-order valence-electron chi connectivity index (χ3n) is 4.63. The third-order valence-corrected chi connectivity index (χ3v) is 5.70. The van der Waals surface area contributed by atoms with Crippen LogP contribution in [0.4, 0.5) is 4.39 Å². The van der Waals surface area contributed by atoms with Gasteiger partial charge in [-0.1, -0.05) is 113 Å². The highest BCUT2D eigenvalue weighted by atomic mass is 35.5. The van der Waals surface area contributed by atoms with E-state index >= 15 is 0 Å². The molecule has 0 unspecified atom stereocenters. The van der Waals surface area contributed by atoms with E-state index in [1.807, 2.05) is 36.4 Å². The maximum absolute atomic E-state index is 12.5. The molecule has 0 radical (unpaired) electrons. The zero-order chi connectivity index (χ0) is 23.6. The molecular formula is C27H32Cl3F.